The third-order valence-electron chi connectivity index (χ3n) is 6.01. The summed E-state index contributed by atoms with van der Waals surface area (Å²) in [5.74, 6) is 1.44. The Kier molecular flexibility index (Phi) is 4.94. The second-order valence-corrected chi connectivity index (χ2v) is 7.99. The van der Waals surface area contributed by atoms with Crippen molar-refractivity contribution in [2.45, 2.75) is 26.2 Å². The number of para-hydroxylation sites is 3. The largest absolute Gasteiger partial charge is 0.354 e. The number of hydrogen-bond acceptors (Lipinski definition) is 5. The maximum Gasteiger partial charge on any atom is 0.295 e. The molecule has 0 aliphatic carbocycles. The van der Waals surface area contributed by atoms with Gasteiger partial charge < -0.3 is 10.2 Å². The van der Waals surface area contributed by atoms with Crippen LogP contribution in [0.15, 0.2) is 59.4 Å². The van der Waals surface area contributed by atoms with E-state index in [9.17, 15) is 4.79 Å². The van der Waals surface area contributed by atoms with Gasteiger partial charge in [-0.25, -0.2) is 14.6 Å². The summed E-state index contributed by atoms with van der Waals surface area (Å²) in [5.41, 5.74) is 3.75. The highest BCUT2D eigenvalue weighted by Gasteiger charge is 2.22. The van der Waals surface area contributed by atoms with Crippen LogP contribution < -0.4 is 15.8 Å². The molecule has 7 heteroatoms. The zero-order valence-electron chi connectivity index (χ0n) is 17.9. The summed E-state index contributed by atoms with van der Waals surface area (Å²) in [6.45, 7) is 3.84. The standard InChI is InChI=1S/C24H26N6O/c1-17-21(24(31)30(28(17)2)18-11-5-3-6-12-18)27-22-23(29-15-9-4-10-16-29)26-20-14-8-7-13-19(20)25-22/h3,5-8,11-14H,4,9-10,15-16H2,1-2H3,(H,25,27). The smallest absolute Gasteiger partial charge is 0.295 e. The van der Waals surface area contributed by atoms with E-state index in [1.165, 1.54) is 6.42 Å². The van der Waals surface area contributed by atoms with Crippen LogP contribution >= 0.6 is 0 Å². The molecule has 1 aliphatic rings. The van der Waals surface area contributed by atoms with Crippen LogP contribution in [0.2, 0.25) is 0 Å². The molecule has 0 spiro atoms. The number of fused-ring (bicyclic) bond motifs is 1. The first kappa shape index (κ1) is 19.4. The summed E-state index contributed by atoms with van der Waals surface area (Å²) in [4.78, 5) is 25.5. The molecule has 2 aromatic carbocycles. The highest BCUT2D eigenvalue weighted by atomic mass is 16.1. The van der Waals surface area contributed by atoms with Crippen molar-refractivity contribution >= 4 is 28.4 Å². The lowest BCUT2D eigenvalue weighted by atomic mass is 10.1. The van der Waals surface area contributed by atoms with Gasteiger partial charge in [-0.2, -0.15) is 0 Å². The molecule has 5 rings (SSSR count). The number of rotatable bonds is 4. The van der Waals surface area contributed by atoms with E-state index in [2.05, 4.69) is 10.2 Å². The SMILES string of the molecule is Cc1c(Nc2nc3ccccc3nc2N2CCCCC2)c(=O)n(-c2ccccc2)n1C. The van der Waals surface area contributed by atoms with Crippen molar-refractivity contribution in [1.29, 1.82) is 0 Å². The van der Waals surface area contributed by atoms with Crippen molar-refractivity contribution < 1.29 is 0 Å². The Morgan fingerprint density at radius 3 is 2.23 bits per heavy atom. The normalized spacial score (nSPS) is 14.2. The van der Waals surface area contributed by atoms with Crippen molar-refractivity contribution in [1.82, 2.24) is 19.3 Å². The minimum Gasteiger partial charge on any atom is -0.354 e. The van der Waals surface area contributed by atoms with Gasteiger partial charge in [0.2, 0.25) is 0 Å². The quantitative estimate of drug-likeness (QED) is 0.543. The van der Waals surface area contributed by atoms with Gasteiger partial charge >= 0.3 is 0 Å². The molecule has 1 saturated heterocycles. The van der Waals surface area contributed by atoms with E-state index >= 15 is 0 Å². The Morgan fingerprint density at radius 2 is 1.52 bits per heavy atom. The van der Waals surface area contributed by atoms with Crippen LogP contribution in [-0.4, -0.2) is 32.4 Å². The van der Waals surface area contributed by atoms with E-state index in [-0.39, 0.29) is 5.56 Å². The fraction of sp³-hybridized carbons (Fsp3) is 0.292. The molecule has 0 unspecified atom stereocenters. The van der Waals surface area contributed by atoms with Gasteiger partial charge in [0.25, 0.3) is 5.56 Å². The van der Waals surface area contributed by atoms with Crippen LogP contribution in [0.1, 0.15) is 25.0 Å². The van der Waals surface area contributed by atoms with Crippen LogP contribution in [0.5, 0.6) is 0 Å². The molecule has 4 aromatic rings. The Bertz CT molecular complexity index is 1280. The molecule has 3 heterocycles. The summed E-state index contributed by atoms with van der Waals surface area (Å²) < 4.78 is 3.54. The topological polar surface area (TPSA) is 68.0 Å². The summed E-state index contributed by atoms with van der Waals surface area (Å²) >= 11 is 0. The monoisotopic (exact) mass is 414 g/mol. The molecule has 2 aromatic heterocycles. The molecule has 158 valence electrons. The predicted molar refractivity (Wildman–Crippen MR) is 125 cm³/mol. The van der Waals surface area contributed by atoms with Crippen molar-refractivity contribution in [2.75, 3.05) is 23.3 Å². The van der Waals surface area contributed by atoms with Crippen molar-refractivity contribution in [2.24, 2.45) is 7.05 Å². The lowest BCUT2D eigenvalue weighted by Gasteiger charge is -2.29. The van der Waals surface area contributed by atoms with Gasteiger partial charge in [-0.3, -0.25) is 9.48 Å². The van der Waals surface area contributed by atoms with Gasteiger partial charge in [0.05, 0.1) is 22.4 Å². The summed E-state index contributed by atoms with van der Waals surface area (Å²) in [7, 11) is 1.90. The number of benzene rings is 2. The maximum atomic E-state index is 13.4. The third kappa shape index (κ3) is 3.46. The lowest BCUT2D eigenvalue weighted by molar-refractivity contribution is 0.574. The predicted octanol–water partition coefficient (Wildman–Crippen LogP) is 4.16. The number of anilines is 3. The first-order valence-electron chi connectivity index (χ1n) is 10.8. The van der Waals surface area contributed by atoms with Crippen molar-refractivity contribution in [3.05, 3.63) is 70.6 Å². The average molecular weight is 415 g/mol. The van der Waals surface area contributed by atoms with Crippen LogP contribution in [0.25, 0.3) is 16.7 Å². The summed E-state index contributed by atoms with van der Waals surface area (Å²) in [5, 5.41) is 3.36. The minimum absolute atomic E-state index is 0.106. The highest BCUT2D eigenvalue weighted by molar-refractivity contribution is 5.82. The van der Waals surface area contributed by atoms with Gasteiger partial charge in [0.1, 0.15) is 5.69 Å². The molecular weight excluding hydrogens is 388 g/mol. The zero-order valence-corrected chi connectivity index (χ0v) is 17.9. The first-order chi connectivity index (χ1) is 15.1. The molecule has 1 aliphatic heterocycles. The third-order valence-corrected chi connectivity index (χ3v) is 6.01. The second kappa shape index (κ2) is 7.91. The molecule has 0 atom stereocenters. The molecule has 0 amide bonds. The Morgan fingerprint density at radius 1 is 0.871 bits per heavy atom. The van der Waals surface area contributed by atoms with E-state index in [1.807, 2.05) is 73.3 Å². The fourth-order valence-electron chi connectivity index (χ4n) is 4.23. The molecule has 31 heavy (non-hydrogen) atoms. The Balaban J connectivity index is 1.63. The van der Waals surface area contributed by atoms with Crippen LogP contribution in [0.4, 0.5) is 17.3 Å². The zero-order chi connectivity index (χ0) is 21.4. The minimum atomic E-state index is -0.106. The van der Waals surface area contributed by atoms with Gasteiger partial charge in [0.15, 0.2) is 11.6 Å². The van der Waals surface area contributed by atoms with Gasteiger partial charge in [0, 0.05) is 20.1 Å². The molecule has 1 N–H and O–H groups in total. The van der Waals surface area contributed by atoms with E-state index in [1.54, 1.807) is 4.68 Å². The van der Waals surface area contributed by atoms with E-state index in [4.69, 9.17) is 9.97 Å². The van der Waals surface area contributed by atoms with E-state index in [0.717, 1.165) is 54.2 Å². The molecular formula is C24H26N6O. The first-order valence-corrected chi connectivity index (χ1v) is 10.8. The molecule has 0 saturated carbocycles. The lowest BCUT2D eigenvalue weighted by Crippen LogP contribution is -2.31. The molecule has 0 radical (unpaired) electrons. The molecule has 7 nitrogen and oxygen atoms in total. The Labute approximate surface area is 181 Å². The number of aromatic nitrogens is 4. The van der Waals surface area contributed by atoms with Gasteiger partial charge in [-0.05, 0) is 50.5 Å². The highest BCUT2D eigenvalue weighted by Crippen LogP contribution is 2.30. The summed E-state index contributed by atoms with van der Waals surface area (Å²) in [6.07, 6.45) is 3.51. The maximum absolute atomic E-state index is 13.4. The number of hydrogen-bond donors (Lipinski definition) is 1. The van der Waals surface area contributed by atoms with Crippen LogP contribution in [0.3, 0.4) is 0 Å². The van der Waals surface area contributed by atoms with E-state index in [0.29, 0.717) is 11.5 Å². The number of nitrogens with zero attached hydrogens (tertiary/aromatic N) is 5. The number of piperidine rings is 1. The van der Waals surface area contributed by atoms with Gasteiger partial charge in [-0.15, -0.1) is 0 Å². The van der Waals surface area contributed by atoms with Gasteiger partial charge in [-0.1, -0.05) is 30.3 Å². The van der Waals surface area contributed by atoms with Crippen molar-refractivity contribution in [3.63, 3.8) is 0 Å². The average Bonchev–Trinajstić information content (AvgIpc) is 3.03. The molecule has 0 bridgehead atoms. The molecule has 1 fully saturated rings. The van der Waals surface area contributed by atoms with Crippen LogP contribution in [0, 0.1) is 6.92 Å². The van der Waals surface area contributed by atoms with E-state index < -0.39 is 0 Å². The Hall–Kier alpha value is -3.61. The fourth-order valence-corrected chi connectivity index (χ4v) is 4.23. The second-order valence-electron chi connectivity index (χ2n) is 7.99. The number of nitrogens with one attached hydrogen (secondary N) is 1. The van der Waals surface area contributed by atoms with Crippen LogP contribution in [-0.2, 0) is 7.05 Å². The van der Waals surface area contributed by atoms with Crippen molar-refractivity contribution in [3.8, 4) is 5.69 Å². The summed E-state index contributed by atoms with van der Waals surface area (Å²) in [6, 6.07) is 17.5.